The van der Waals surface area contributed by atoms with Crippen LogP contribution in [0.3, 0.4) is 0 Å². The van der Waals surface area contributed by atoms with Gasteiger partial charge in [0.15, 0.2) is 0 Å². The van der Waals surface area contributed by atoms with Gasteiger partial charge in [0.05, 0.1) is 4.92 Å². The Kier molecular flexibility index (Phi) is 4.90. The van der Waals surface area contributed by atoms with E-state index in [1.165, 1.54) is 5.56 Å². The smallest absolute Gasteiger partial charge is 0.292 e. The summed E-state index contributed by atoms with van der Waals surface area (Å²) in [7, 11) is 3.73. The van der Waals surface area contributed by atoms with Crippen LogP contribution in [0.4, 0.5) is 11.4 Å². The van der Waals surface area contributed by atoms with Crippen molar-refractivity contribution in [3.05, 3.63) is 69.8 Å². The Hall–Kier alpha value is -2.40. The monoisotopic (exact) mass is 285 g/mol. The fraction of sp³-hybridized carbons (Fsp3) is 0.250. The van der Waals surface area contributed by atoms with Crippen LogP contribution in [-0.2, 0) is 13.1 Å². The third-order valence-corrected chi connectivity index (χ3v) is 3.27. The molecule has 0 aliphatic rings. The molecule has 0 atom stereocenters. The Morgan fingerprint density at radius 2 is 1.76 bits per heavy atom. The molecule has 2 rings (SSSR count). The summed E-state index contributed by atoms with van der Waals surface area (Å²) < 4.78 is 0. The SMILES string of the molecule is CNc1cc(CN(C)Cc2ccccc2)ccc1[N+](=O)[O-]. The van der Waals surface area contributed by atoms with Crippen molar-refractivity contribution in [1.29, 1.82) is 0 Å². The molecular formula is C16H19N3O2. The van der Waals surface area contributed by atoms with Gasteiger partial charge < -0.3 is 5.32 Å². The molecule has 5 nitrogen and oxygen atoms in total. The fourth-order valence-corrected chi connectivity index (χ4v) is 2.30. The van der Waals surface area contributed by atoms with Gasteiger partial charge in [-0.15, -0.1) is 0 Å². The lowest BCUT2D eigenvalue weighted by molar-refractivity contribution is -0.384. The van der Waals surface area contributed by atoms with Crippen molar-refractivity contribution in [1.82, 2.24) is 4.90 Å². The van der Waals surface area contributed by atoms with Gasteiger partial charge in [0.2, 0.25) is 0 Å². The largest absolute Gasteiger partial charge is 0.383 e. The highest BCUT2D eigenvalue weighted by Crippen LogP contribution is 2.25. The van der Waals surface area contributed by atoms with Crippen molar-refractivity contribution in [2.75, 3.05) is 19.4 Å². The minimum Gasteiger partial charge on any atom is -0.383 e. The van der Waals surface area contributed by atoms with Crippen molar-refractivity contribution in [2.45, 2.75) is 13.1 Å². The standard InChI is InChI=1S/C16H19N3O2/c1-17-15-10-14(8-9-16(15)19(20)21)12-18(2)11-13-6-4-3-5-7-13/h3-10,17H,11-12H2,1-2H3. The molecule has 0 bridgehead atoms. The van der Waals surface area contributed by atoms with E-state index < -0.39 is 0 Å². The summed E-state index contributed by atoms with van der Waals surface area (Å²) in [5, 5.41) is 13.8. The molecule has 0 aliphatic heterocycles. The lowest BCUT2D eigenvalue weighted by Crippen LogP contribution is -2.17. The molecule has 0 aromatic heterocycles. The van der Waals surface area contributed by atoms with Gasteiger partial charge in [0, 0.05) is 26.2 Å². The van der Waals surface area contributed by atoms with Gasteiger partial charge in [-0.3, -0.25) is 15.0 Å². The number of hydrogen-bond acceptors (Lipinski definition) is 4. The molecule has 1 N–H and O–H groups in total. The van der Waals surface area contributed by atoms with Gasteiger partial charge in [0.25, 0.3) is 5.69 Å². The van der Waals surface area contributed by atoms with Crippen LogP contribution in [0, 0.1) is 10.1 Å². The highest BCUT2D eigenvalue weighted by Gasteiger charge is 2.13. The number of anilines is 1. The molecule has 110 valence electrons. The number of benzene rings is 2. The predicted octanol–water partition coefficient (Wildman–Crippen LogP) is 3.27. The summed E-state index contributed by atoms with van der Waals surface area (Å²) in [5.41, 5.74) is 2.94. The predicted molar refractivity (Wildman–Crippen MR) is 84.3 cm³/mol. The summed E-state index contributed by atoms with van der Waals surface area (Å²) in [4.78, 5) is 12.7. The zero-order valence-electron chi connectivity index (χ0n) is 12.2. The van der Waals surface area contributed by atoms with Crippen LogP contribution >= 0.6 is 0 Å². The first-order valence-corrected chi connectivity index (χ1v) is 6.77. The molecule has 0 aliphatic carbocycles. The van der Waals surface area contributed by atoms with Crippen molar-refractivity contribution in [2.24, 2.45) is 0 Å². The van der Waals surface area contributed by atoms with E-state index in [4.69, 9.17) is 0 Å². The van der Waals surface area contributed by atoms with E-state index in [2.05, 4.69) is 22.3 Å². The lowest BCUT2D eigenvalue weighted by Gasteiger charge is -2.17. The number of rotatable bonds is 6. The number of hydrogen-bond donors (Lipinski definition) is 1. The minimum atomic E-state index is -0.372. The zero-order chi connectivity index (χ0) is 15.2. The quantitative estimate of drug-likeness (QED) is 0.653. The molecule has 0 radical (unpaired) electrons. The molecule has 21 heavy (non-hydrogen) atoms. The molecule has 0 spiro atoms. The van der Waals surface area contributed by atoms with Gasteiger partial charge in [-0.1, -0.05) is 36.4 Å². The maximum Gasteiger partial charge on any atom is 0.292 e. The van der Waals surface area contributed by atoms with Gasteiger partial charge in [0.1, 0.15) is 5.69 Å². The zero-order valence-corrected chi connectivity index (χ0v) is 12.2. The number of nitro benzene ring substituents is 1. The van der Waals surface area contributed by atoms with Crippen molar-refractivity contribution in [3.8, 4) is 0 Å². The first-order chi connectivity index (χ1) is 10.1. The van der Waals surface area contributed by atoms with Gasteiger partial charge >= 0.3 is 0 Å². The minimum absolute atomic E-state index is 0.104. The van der Waals surface area contributed by atoms with Gasteiger partial charge in [-0.2, -0.15) is 0 Å². The third-order valence-electron chi connectivity index (χ3n) is 3.27. The van der Waals surface area contributed by atoms with Crippen molar-refractivity contribution in [3.63, 3.8) is 0 Å². The maximum absolute atomic E-state index is 10.9. The van der Waals surface area contributed by atoms with Crippen LogP contribution < -0.4 is 5.32 Å². The average Bonchev–Trinajstić information content (AvgIpc) is 2.47. The van der Waals surface area contributed by atoms with E-state index in [1.54, 1.807) is 19.2 Å². The van der Waals surface area contributed by atoms with E-state index in [1.807, 2.05) is 31.3 Å². The Balaban J connectivity index is 2.07. The highest BCUT2D eigenvalue weighted by molar-refractivity contribution is 5.62. The molecular weight excluding hydrogens is 266 g/mol. The Bertz CT molecular complexity index is 614. The summed E-state index contributed by atoms with van der Waals surface area (Å²) >= 11 is 0. The molecule has 0 saturated carbocycles. The third kappa shape index (κ3) is 4.03. The van der Waals surface area contributed by atoms with Crippen LogP contribution in [-0.4, -0.2) is 23.9 Å². The summed E-state index contributed by atoms with van der Waals surface area (Å²) in [6.45, 7) is 1.58. The number of nitrogens with zero attached hydrogens (tertiary/aromatic N) is 2. The fourth-order valence-electron chi connectivity index (χ4n) is 2.30. The van der Waals surface area contributed by atoms with E-state index in [9.17, 15) is 10.1 Å². The van der Waals surface area contributed by atoms with Crippen LogP contribution in [0.1, 0.15) is 11.1 Å². The van der Waals surface area contributed by atoms with Crippen LogP contribution in [0.25, 0.3) is 0 Å². The van der Waals surface area contributed by atoms with Gasteiger partial charge in [-0.05, 0) is 24.2 Å². The van der Waals surface area contributed by atoms with E-state index in [0.29, 0.717) is 5.69 Å². The molecule has 5 heteroatoms. The maximum atomic E-state index is 10.9. The lowest BCUT2D eigenvalue weighted by atomic mass is 10.1. The Morgan fingerprint density at radius 3 is 2.38 bits per heavy atom. The van der Waals surface area contributed by atoms with Crippen molar-refractivity contribution < 1.29 is 4.92 Å². The first-order valence-electron chi connectivity index (χ1n) is 6.77. The summed E-state index contributed by atoms with van der Waals surface area (Å²) in [6, 6.07) is 15.4. The number of nitro groups is 1. The molecule has 0 amide bonds. The van der Waals surface area contributed by atoms with Crippen LogP contribution in [0.15, 0.2) is 48.5 Å². The molecule has 0 heterocycles. The van der Waals surface area contributed by atoms with Crippen molar-refractivity contribution >= 4 is 11.4 Å². The topological polar surface area (TPSA) is 58.4 Å². The van der Waals surface area contributed by atoms with E-state index in [-0.39, 0.29) is 10.6 Å². The summed E-state index contributed by atoms with van der Waals surface area (Å²) in [6.07, 6.45) is 0. The molecule has 2 aromatic carbocycles. The Morgan fingerprint density at radius 1 is 1.10 bits per heavy atom. The van der Waals surface area contributed by atoms with Crippen LogP contribution in [0.2, 0.25) is 0 Å². The molecule has 0 fully saturated rings. The number of nitrogens with one attached hydrogen (secondary N) is 1. The van der Waals surface area contributed by atoms with E-state index >= 15 is 0 Å². The Labute approximate surface area is 124 Å². The second kappa shape index (κ2) is 6.85. The first kappa shape index (κ1) is 15.0. The van der Waals surface area contributed by atoms with Gasteiger partial charge in [-0.25, -0.2) is 0 Å². The molecule has 2 aromatic rings. The second-order valence-electron chi connectivity index (χ2n) is 5.02. The second-order valence-corrected chi connectivity index (χ2v) is 5.02. The molecule has 0 saturated heterocycles. The highest BCUT2D eigenvalue weighted by atomic mass is 16.6. The molecule has 0 unspecified atom stereocenters. The van der Waals surface area contributed by atoms with E-state index in [0.717, 1.165) is 18.7 Å². The normalized spacial score (nSPS) is 10.6. The summed E-state index contributed by atoms with van der Waals surface area (Å²) in [5.74, 6) is 0. The van der Waals surface area contributed by atoms with Crippen LogP contribution in [0.5, 0.6) is 0 Å². The average molecular weight is 285 g/mol.